The van der Waals surface area contributed by atoms with Gasteiger partial charge in [-0.05, 0) is 47.8 Å². The van der Waals surface area contributed by atoms with E-state index in [0.717, 1.165) is 19.4 Å². The van der Waals surface area contributed by atoms with Crippen molar-refractivity contribution in [2.45, 2.75) is 38.6 Å². The summed E-state index contributed by atoms with van der Waals surface area (Å²) in [5.41, 5.74) is 6.78. The molecule has 1 fully saturated rings. The average Bonchev–Trinajstić information content (AvgIpc) is 2.89. The second-order valence-electron chi connectivity index (χ2n) is 4.85. The smallest absolute Gasteiger partial charge is 0.161 e. The molecule has 1 aromatic rings. The van der Waals surface area contributed by atoms with Gasteiger partial charge in [0.1, 0.15) is 4.99 Å². The van der Waals surface area contributed by atoms with Gasteiger partial charge in [-0.3, -0.25) is 0 Å². The fraction of sp³-hybridized carbons (Fsp3) is 0.500. The van der Waals surface area contributed by atoms with Crippen LogP contribution in [-0.2, 0) is 0 Å². The standard InChI is InChI=1S/C14H18BrFN2S/c1-2-18(9-5-3-4-6-9)11-8-7-10(14(17)19)12(15)13(11)16/h7-9H,2-6H2,1H3,(H2,17,19). The molecule has 0 atom stereocenters. The molecule has 0 saturated heterocycles. The molecule has 0 amide bonds. The van der Waals surface area contributed by atoms with Crippen molar-refractivity contribution >= 4 is 38.8 Å². The second kappa shape index (κ2) is 6.18. The van der Waals surface area contributed by atoms with Crippen molar-refractivity contribution in [3.63, 3.8) is 0 Å². The van der Waals surface area contributed by atoms with Gasteiger partial charge in [0, 0.05) is 18.2 Å². The number of hydrogen-bond donors (Lipinski definition) is 1. The summed E-state index contributed by atoms with van der Waals surface area (Å²) >= 11 is 8.19. The van der Waals surface area contributed by atoms with Crippen LogP contribution >= 0.6 is 28.1 Å². The molecule has 2 rings (SSSR count). The Morgan fingerprint density at radius 2 is 2.11 bits per heavy atom. The van der Waals surface area contributed by atoms with E-state index in [-0.39, 0.29) is 10.8 Å². The molecule has 0 unspecified atom stereocenters. The highest BCUT2D eigenvalue weighted by molar-refractivity contribution is 9.10. The molecule has 2 nitrogen and oxygen atoms in total. The van der Waals surface area contributed by atoms with Crippen molar-refractivity contribution in [1.82, 2.24) is 0 Å². The predicted octanol–water partition coefficient (Wildman–Crippen LogP) is 3.99. The molecule has 0 aromatic heterocycles. The van der Waals surface area contributed by atoms with Crippen molar-refractivity contribution < 1.29 is 4.39 Å². The normalized spacial score (nSPS) is 15.7. The van der Waals surface area contributed by atoms with E-state index >= 15 is 0 Å². The van der Waals surface area contributed by atoms with Gasteiger partial charge in [-0.1, -0.05) is 25.1 Å². The van der Waals surface area contributed by atoms with Crippen molar-refractivity contribution in [2.24, 2.45) is 5.73 Å². The lowest BCUT2D eigenvalue weighted by atomic mass is 10.1. The summed E-state index contributed by atoms with van der Waals surface area (Å²) in [7, 11) is 0. The molecule has 1 aromatic carbocycles. The minimum Gasteiger partial charge on any atom is -0.389 e. The SMILES string of the molecule is CCN(c1ccc(C(N)=S)c(Br)c1F)C1CCCC1. The molecule has 0 spiro atoms. The summed E-state index contributed by atoms with van der Waals surface area (Å²) in [5, 5.41) is 0. The van der Waals surface area contributed by atoms with Gasteiger partial charge in [0.15, 0.2) is 5.82 Å². The highest BCUT2D eigenvalue weighted by atomic mass is 79.9. The van der Waals surface area contributed by atoms with Gasteiger partial charge in [0.05, 0.1) is 10.2 Å². The maximum Gasteiger partial charge on any atom is 0.161 e. The van der Waals surface area contributed by atoms with Gasteiger partial charge in [-0.2, -0.15) is 0 Å². The fourth-order valence-corrected chi connectivity index (χ4v) is 3.64. The molecule has 0 radical (unpaired) electrons. The molecular formula is C14H18BrFN2S. The van der Waals surface area contributed by atoms with Crippen molar-refractivity contribution in [1.29, 1.82) is 0 Å². The fourth-order valence-electron chi connectivity index (χ4n) is 2.79. The number of rotatable bonds is 4. The number of thiocarbonyl (C=S) groups is 1. The molecule has 1 aliphatic rings. The van der Waals surface area contributed by atoms with Crippen LogP contribution in [0.25, 0.3) is 0 Å². The first-order chi connectivity index (χ1) is 9.06. The van der Waals surface area contributed by atoms with E-state index in [1.54, 1.807) is 12.1 Å². The lowest BCUT2D eigenvalue weighted by molar-refractivity contribution is 0.575. The molecule has 0 aliphatic heterocycles. The largest absolute Gasteiger partial charge is 0.389 e. The highest BCUT2D eigenvalue weighted by Crippen LogP contribution is 2.34. The van der Waals surface area contributed by atoms with Crippen molar-refractivity contribution in [2.75, 3.05) is 11.4 Å². The van der Waals surface area contributed by atoms with Gasteiger partial charge in [0.25, 0.3) is 0 Å². The van der Waals surface area contributed by atoms with Gasteiger partial charge in [-0.25, -0.2) is 4.39 Å². The Morgan fingerprint density at radius 3 is 2.63 bits per heavy atom. The third kappa shape index (κ3) is 2.92. The number of nitrogens with zero attached hydrogens (tertiary/aromatic N) is 1. The maximum absolute atomic E-state index is 14.5. The molecule has 1 saturated carbocycles. The van der Waals surface area contributed by atoms with Gasteiger partial charge < -0.3 is 10.6 Å². The minimum atomic E-state index is -0.265. The Balaban J connectivity index is 2.38. The Hall–Kier alpha value is -0.680. The Bertz CT molecular complexity index is 487. The average molecular weight is 345 g/mol. The quantitative estimate of drug-likeness (QED) is 0.837. The van der Waals surface area contributed by atoms with E-state index in [2.05, 4.69) is 27.8 Å². The Kier molecular flexibility index (Phi) is 4.79. The summed E-state index contributed by atoms with van der Waals surface area (Å²) in [4.78, 5) is 2.36. The van der Waals surface area contributed by atoms with E-state index in [1.807, 2.05) is 0 Å². The molecule has 19 heavy (non-hydrogen) atoms. The third-order valence-corrected chi connectivity index (χ3v) is 4.74. The molecule has 0 heterocycles. The molecular weight excluding hydrogens is 327 g/mol. The zero-order chi connectivity index (χ0) is 14.0. The Labute approximate surface area is 127 Å². The van der Waals surface area contributed by atoms with Gasteiger partial charge in [-0.15, -0.1) is 0 Å². The first-order valence-electron chi connectivity index (χ1n) is 6.60. The first kappa shape index (κ1) is 14.7. The number of hydrogen-bond acceptors (Lipinski definition) is 2. The van der Waals surface area contributed by atoms with Crippen LogP contribution in [-0.4, -0.2) is 17.6 Å². The summed E-state index contributed by atoms with van der Waals surface area (Å²) in [5.74, 6) is -0.265. The number of benzene rings is 1. The minimum absolute atomic E-state index is 0.209. The van der Waals surface area contributed by atoms with Crippen molar-refractivity contribution in [3.8, 4) is 0 Å². The van der Waals surface area contributed by atoms with Crippen LogP contribution in [0.5, 0.6) is 0 Å². The highest BCUT2D eigenvalue weighted by Gasteiger charge is 2.25. The lowest BCUT2D eigenvalue weighted by Crippen LogP contribution is -2.33. The van der Waals surface area contributed by atoms with Crippen LogP contribution in [0.1, 0.15) is 38.2 Å². The van der Waals surface area contributed by atoms with Crippen LogP contribution in [0, 0.1) is 5.82 Å². The molecule has 0 bridgehead atoms. The van der Waals surface area contributed by atoms with Gasteiger partial charge in [0.2, 0.25) is 0 Å². The summed E-state index contributed by atoms with van der Waals surface area (Å²) < 4.78 is 14.9. The monoisotopic (exact) mass is 344 g/mol. The molecule has 1 aliphatic carbocycles. The zero-order valence-electron chi connectivity index (χ0n) is 11.0. The second-order valence-corrected chi connectivity index (χ2v) is 6.08. The molecule has 5 heteroatoms. The van der Waals surface area contributed by atoms with Crippen LogP contribution in [0.4, 0.5) is 10.1 Å². The van der Waals surface area contributed by atoms with E-state index in [4.69, 9.17) is 18.0 Å². The van der Waals surface area contributed by atoms with E-state index in [1.165, 1.54) is 12.8 Å². The number of halogens is 2. The topological polar surface area (TPSA) is 29.3 Å². The number of anilines is 1. The molecule has 2 N–H and O–H groups in total. The maximum atomic E-state index is 14.5. The molecule has 104 valence electrons. The van der Waals surface area contributed by atoms with E-state index in [9.17, 15) is 4.39 Å². The van der Waals surface area contributed by atoms with E-state index < -0.39 is 0 Å². The van der Waals surface area contributed by atoms with Crippen LogP contribution < -0.4 is 10.6 Å². The lowest BCUT2D eigenvalue weighted by Gasteiger charge is -2.30. The zero-order valence-corrected chi connectivity index (χ0v) is 13.4. The van der Waals surface area contributed by atoms with Crippen molar-refractivity contribution in [3.05, 3.63) is 28.0 Å². The number of nitrogens with two attached hydrogens (primary N) is 1. The predicted molar refractivity (Wildman–Crippen MR) is 85.3 cm³/mol. The van der Waals surface area contributed by atoms with Crippen LogP contribution in [0.3, 0.4) is 0 Å². The third-order valence-electron chi connectivity index (χ3n) is 3.74. The van der Waals surface area contributed by atoms with Crippen LogP contribution in [0.15, 0.2) is 16.6 Å². The van der Waals surface area contributed by atoms with E-state index in [0.29, 0.717) is 21.8 Å². The summed E-state index contributed by atoms with van der Waals surface area (Å²) in [6.07, 6.45) is 4.74. The summed E-state index contributed by atoms with van der Waals surface area (Å²) in [6.45, 7) is 2.87. The van der Waals surface area contributed by atoms with Gasteiger partial charge >= 0.3 is 0 Å². The summed E-state index contributed by atoms with van der Waals surface area (Å²) in [6, 6.07) is 4.03. The van der Waals surface area contributed by atoms with Crippen LogP contribution in [0.2, 0.25) is 0 Å². The first-order valence-corrected chi connectivity index (χ1v) is 7.80. The Morgan fingerprint density at radius 1 is 1.47 bits per heavy atom.